The first-order valence-electron chi connectivity index (χ1n) is 7.90. The van der Waals surface area contributed by atoms with E-state index in [1.165, 1.54) is 5.49 Å². The van der Waals surface area contributed by atoms with E-state index in [1.54, 1.807) is 4.90 Å². The monoisotopic (exact) mass is 647 g/mol. The molecule has 1 heterocycles. The molecule has 0 saturated heterocycles. The molecule has 1 aromatic heterocycles. The summed E-state index contributed by atoms with van der Waals surface area (Å²) in [4.78, 5) is 3.72. The second kappa shape index (κ2) is 14.4. The number of hydrogen-bond acceptors (Lipinski definition) is 7. The van der Waals surface area contributed by atoms with Crippen LogP contribution in [0.5, 0.6) is 0 Å². The van der Waals surface area contributed by atoms with Crippen LogP contribution < -0.4 is 0 Å². The second-order valence-electron chi connectivity index (χ2n) is 4.90. The molecule has 1 aromatic rings. The van der Waals surface area contributed by atoms with Crippen molar-refractivity contribution in [1.82, 2.24) is 18.9 Å². The van der Waals surface area contributed by atoms with Gasteiger partial charge in [-0.1, -0.05) is 12.2 Å². The predicted molar refractivity (Wildman–Crippen MR) is 122 cm³/mol. The maximum absolute atomic E-state index is 5.19. The topological polar surface area (TPSA) is 16.3 Å². The van der Waals surface area contributed by atoms with Crippen molar-refractivity contribution in [1.29, 1.82) is 0 Å². The Hall–Kier alpha value is 0.428. The Labute approximate surface area is 204 Å². The van der Waals surface area contributed by atoms with Gasteiger partial charge in [0, 0.05) is 33.2 Å². The Morgan fingerprint density at radius 1 is 0.962 bits per heavy atom. The van der Waals surface area contributed by atoms with E-state index in [2.05, 4.69) is 0 Å². The van der Waals surface area contributed by atoms with Crippen molar-refractivity contribution in [3.8, 4) is 0 Å². The largest absolute Gasteiger partial charge is 4.00 e. The number of aromatic nitrogens is 2. The molecular weight excluding hydrogens is 624 g/mol. The first-order valence-corrected chi connectivity index (χ1v) is 10.4. The SMILES string of the molecule is CCN(C)/C([S-])=C(/[S-])N(C=S)CC.CCn1c([S-])c([S-])n(CC)c1=S.[Pt+4]. The van der Waals surface area contributed by atoms with Gasteiger partial charge in [-0.05, 0) is 39.9 Å². The van der Waals surface area contributed by atoms with Gasteiger partial charge in [-0.25, -0.2) is 0 Å². The van der Waals surface area contributed by atoms with E-state index in [0.717, 1.165) is 31.0 Å². The minimum absolute atomic E-state index is 0. The summed E-state index contributed by atoms with van der Waals surface area (Å²) in [6, 6.07) is 0. The number of imidazole rings is 1. The molecule has 1 rings (SSSR count). The Balaban J connectivity index is 0. The van der Waals surface area contributed by atoms with Gasteiger partial charge in [0.1, 0.15) is 0 Å². The smallest absolute Gasteiger partial charge is 0.763 e. The zero-order valence-electron chi connectivity index (χ0n) is 15.5. The molecule has 0 atom stereocenters. The van der Waals surface area contributed by atoms with E-state index in [9.17, 15) is 0 Å². The number of thiocarbonyl (C=S) groups is 1. The Kier molecular flexibility index (Phi) is 15.9. The summed E-state index contributed by atoms with van der Waals surface area (Å²) in [6.45, 7) is 11.3. The minimum Gasteiger partial charge on any atom is -0.763 e. The van der Waals surface area contributed by atoms with Gasteiger partial charge >= 0.3 is 21.1 Å². The van der Waals surface area contributed by atoms with Gasteiger partial charge in [0.2, 0.25) is 0 Å². The molecule has 0 N–H and O–H groups in total. The average Bonchev–Trinajstić information content (AvgIpc) is 2.83. The molecule has 26 heavy (non-hydrogen) atoms. The van der Waals surface area contributed by atoms with Gasteiger partial charge < -0.3 is 69.4 Å². The summed E-state index contributed by atoms with van der Waals surface area (Å²) in [6.07, 6.45) is 0. The van der Waals surface area contributed by atoms with Crippen LogP contribution in [-0.2, 0) is 84.7 Å². The van der Waals surface area contributed by atoms with Crippen LogP contribution in [0.15, 0.2) is 20.1 Å². The third-order valence-electron chi connectivity index (χ3n) is 3.50. The van der Waals surface area contributed by atoms with E-state index >= 15 is 0 Å². The van der Waals surface area contributed by atoms with Crippen molar-refractivity contribution in [3.05, 3.63) is 14.8 Å². The van der Waals surface area contributed by atoms with Crippen LogP contribution in [0, 0.1) is 4.77 Å². The van der Waals surface area contributed by atoms with Gasteiger partial charge in [-0.15, -0.1) is 20.1 Å². The summed E-state index contributed by atoms with van der Waals surface area (Å²) in [5.74, 6) is 0. The Morgan fingerprint density at radius 3 is 1.62 bits per heavy atom. The van der Waals surface area contributed by atoms with Crippen molar-refractivity contribution in [2.75, 3.05) is 20.1 Å². The molecule has 0 amide bonds. The van der Waals surface area contributed by atoms with E-state index in [1.807, 2.05) is 48.8 Å². The molecule has 0 aromatic carbocycles. The molecule has 0 spiro atoms. The fourth-order valence-electron chi connectivity index (χ4n) is 1.80. The molecule has 0 unspecified atom stereocenters. The fraction of sp³-hybridized carbons (Fsp3) is 0.600. The Morgan fingerprint density at radius 2 is 1.38 bits per heavy atom. The van der Waals surface area contributed by atoms with Crippen LogP contribution in [0.25, 0.3) is 0 Å². The molecule has 11 heteroatoms. The fourth-order valence-corrected chi connectivity index (χ4v) is 3.92. The van der Waals surface area contributed by atoms with Crippen molar-refractivity contribution >= 4 is 80.4 Å². The van der Waals surface area contributed by atoms with Crippen molar-refractivity contribution in [2.45, 2.75) is 50.8 Å². The van der Waals surface area contributed by atoms with Crippen LogP contribution >= 0.6 is 24.4 Å². The van der Waals surface area contributed by atoms with Crippen LogP contribution in [-0.4, -0.2) is 44.6 Å². The molecule has 0 bridgehead atoms. The van der Waals surface area contributed by atoms with Gasteiger partial charge in [0.15, 0.2) is 4.77 Å². The van der Waals surface area contributed by atoms with Crippen molar-refractivity contribution in [2.24, 2.45) is 0 Å². The maximum Gasteiger partial charge on any atom is 4.00 e. The zero-order valence-corrected chi connectivity index (χ0v) is 22.6. The molecule has 0 radical (unpaired) electrons. The zero-order chi connectivity index (χ0) is 19.7. The normalized spacial score (nSPS) is 10.8. The van der Waals surface area contributed by atoms with Crippen molar-refractivity contribution in [3.63, 3.8) is 0 Å². The molecule has 150 valence electrons. The third-order valence-corrected chi connectivity index (χ3v) is 6.21. The van der Waals surface area contributed by atoms with E-state index in [4.69, 9.17) is 75.0 Å². The quantitative estimate of drug-likeness (QED) is 0.327. The van der Waals surface area contributed by atoms with E-state index in [0.29, 0.717) is 20.1 Å². The predicted octanol–water partition coefficient (Wildman–Crippen LogP) is 3.31. The average molecular weight is 648 g/mol. The molecule has 0 saturated carbocycles. The van der Waals surface area contributed by atoms with Crippen LogP contribution in [0.3, 0.4) is 0 Å². The molecular formula is C15H24N4PtS6. The first kappa shape index (κ1) is 28.6. The first-order chi connectivity index (χ1) is 11.7. The second-order valence-corrected chi connectivity index (χ2v) is 7.02. The third kappa shape index (κ3) is 7.45. The van der Waals surface area contributed by atoms with E-state index < -0.39 is 0 Å². The summed E-state index contributed by atoms with van der Waals surface area (Å²) >= 11 is 30.7. The number of nitrogens with zero attached hydrogens (tertiary/aromatic N) is 4. The van der Waals surface area contributed by atoms with Gasteiger partial charge in [0.25, 0.3) is 0 Å². The van der Waals surface area contributed by atoms with Crippen molar-refractivity contribution < 1.29 is 21.1 Å². The Bertz CT molecular complexity index is 625. The molecule has 0 aliphatic heterocycles. The van der Waals surface area contributed by atoms with Crippen LogP contribution in [0.2, 0.25) is 0 Å². The summed E-state index contributed by atoms with van der Waals surface area (Å²) in [5, 5.41) is 2.70. The summed E-state index contributed by atoms with van der Waals surface area (Å²) in [7, 11) is 1.92. The van der Waals surface area contributed by atoms with Gasteiger partial charge in [-0.2, -0.15) is 0 Å². The molecule has 0 fully saturated rings. The van der Waals surface area contributed by atoms with Gasteiger partial charge in [-0.3, -0.25) is 0 Å². The maximum atomic E-state index is 5.19. The van der Waals surface area contributed by atoms with E-state index in [-0.39, 0.29) is 21.1 Å². The standard InChI is InChI=1S/C8H16N2S3.C7H12N2S3.Pt/c1-4-9(3)7(12)8(13)10(5-2)6-11;1-3-8-5(10)6(11)9(4-2)7(8)12;/h6,12-13H,4-5H2,1-3H3;10-11H,3-4H2,1-2H3;/q;;+4/p-4/b8-7-;;. The number of hydrogen-bond donors (Lipinski definition) is 0. The molecule has 4 nitrogen and oxygen atoms in total. The molecule has 0 aliphatic carbocycles. The summed E-state index contributed by atoms with van der Waals surface area (Å²) in [5.41, 5.74) is 1.54. The van der Waals surface area contributed by atoms with Crippen LogP contribution in [0.4, 0.5) is 0 Å². The number of rotatable bonds is 7. The summed E-state index contributed by atoms with van der Waals surface area (Å²) < 4.78 is 4.52. The van der Waals surface area contributed by atoms with Gasteiger partial charge in [0.05, 0.1) is 5.49 Å². The molecule has 0 aliphatic rings. The minimum atomic E-state index is 0. The van der Waals surface area contributed by atoms with Crippen LogP contribution in [0.1, 0.15) is 27.7 Å².